The Hall–Kier alpha value is -1.64. The highest BCUT2D eigenvalue weighted by Crippen LogP contribution is 2.70. The van der Waals surface area contributed by atoms with Crippen LogP contribution in [0.4, 0.5) is 8.78 Å². The molecule has 0 saturated heterocycles. The minimum Gasteiger partial charge on any atom is -0.450 e. The maximum Gasteiger partial charge on any atom is 0.306 e. The summed E-state index contributed by atoms with van der Waals surface area (Å²) in [6, 6.07) is 0. The predicted molar refractivity (Wildman–Crippen MR) is 115 cm³/mol. The number of rotatable bonds is 4. The molecule has 0 heterocycles. The number of ether oxygens (including phenoxy) is 1. The second-order valence-electron chi connectivity index (χ2n) is 10.3. The summed E-state index contributed by atoms with van der Waals surface area (Å²) in [6.45, 7) is 4.66. The van der Waals surface area contributed by atoms with E-state index < -0.39 is 69.3 Å². The molecule has 9 atom stereocenters. The topological polar surface area (TPSA) is 101 Å². The van der Waals surface area contributed by atoms with Crippen molar-refractivity contribution in [3.8, 4) is 0 Å². The lowest BCUT2D eigenvalue weighted by Gasteiger charge is -2.63. The van der Waals surface area contributed by atoms with Crippen LogP contribution >= 0.6 is 11.6 Å². The van der Waals surface area contributed by atoms with Gasteiger partial charge in [0.1, 0.15) is 6.17 Å². The fourth-order valence-corrected chi connectivity index (χ4v) is 7.45. The monoisotopic (exact) mass is 486 g/mol. The molecule has 0 aromatic heterocycles. The molecule has 0 amide bonds. The molecular formula is C24H29ClF2O6. The highest BCUT2D eigenvalue weighted by atomic mass is 35.5. The van der Waals surface area contributed by atoms with Crippen LogP contribution in [0, 0.1) is 22.7 Å². The summed E-state index contributed by atoms with van der Waals surface area (Å²) < 4.78 is 38.2. The molecule has 4 aliphatic rings. The number of ketones is 2. The van der Waals surface area contributed by atoms with Crippen molar-refractivity contribution in [2.75, 3.05) is 0 Å². The fraction of sp³-hybridized carbons (Fsp3) is 0.708. The molecule has 0 aromatic carbocycles. The number of allylic oxidation sites excluding steroid dienone is 4. The molecule has 0 spiro atoms. The molecule has 0 aliphatic heterocycles. The van der Waals surface area contributed by atoms with Gasteiger partial charge in [-0.25, -0.2) is 8.78 Å². The molecule has 4 rings (SSSR count). The number of carbonyl (C=O) groups excluding carboxylic acids is 3. The number of halogens is 3. The maximum atomic E-state index is 17.1. The molecule has 182 valence electrons. The quantitative estimate of drug-likeness (QED) is 0.467. The van der Waals surface area contributed by atoms with Crippen LogP contribution in [0.15, 0.2) is 23.8 Å². The Bertz CT molecular complexity index is 965. The average Bonchev–Trinajstić information content (AvgIpc) is 3.03. The molecule has 0 bridgehead atoms. The van der Waals surface area contributed by atoms with Crippen LogP contribution in [-0.4, -0.2) is 56.9 Å². The van der Waals surface area contributed by atoms with E-state index in [0.29, 0.717) is 0 Å². The lowest BCUT2D eigenvalue weighted by molar-refractivity contribution is -0.229. The number of esters is 1. The molecule has 0 radical (unpaired) electrons. The standard InChI is InChI=1S/C24H29ClF2O6/c1-4-18(30)33-23(19(31)20(25)32)8-6-13-14-10-16(26)15-9-12(28)5-7-21(15,2)24(14,27)17(29)11-22(13,23)3/h5,7,9,13-14,16-17,20,29,32H,4,6,8,10-11H2,1-3H3/t13-,14-,16-,17?,20?,21-,22-,23-,24-/m0/s1. The van der Waals surface area contributed by atoms with Crippen molar-refractivity contribution < 1.29 is 38.1 Å². The van der Waals surface area contributed by atoms with E-state index in [9.17, 15) is 24.6 Å². The smallest absolute Gasteiger partial charge is 0.306 e. The number of alkyl halides is 3. The molecule has 4 aliphatic carbocycles. The van der Waals surface area contributed by atoms with E-state index in [4.69, 9.17) is 16.3 Å². The van der Waals surface area contributed by atoms with Crippen LogP contribution in [0.2, 0.25) is 0 Å². The summed E-state index contributed by atoms with van der Waals surface area (Å²) >= 11 is 5.74. The first kappa shape index (κ1) is 24.5. The first-order valence-electron chi connectivity index (χ1n) is 11.3. The second kappa shape index (κ2) is 7.68. The van der Waals surface area contributed by atoms with Crippen molar-refractivity contribution in [3.63, 3.8) is 0 Å². The van der Waals surface area contributed by atoms with Crippen molar-refractivity contribution in [1.29, 1.82) is 0 Å². The van der Waals surface area contributed by atoms with Crippen molar-refractivity contribution >= 4 is 29.1 Å². The van der Waals surface area contributed by atoms with Gasteiger partial charge in [0.05, 0.1) is 6.10 Å². The summed E-state index contributed by atoms with van der Waals surface area (Å²) in [7, 11) is 0. The Kier molecular flexibility index (Phi) is 5.70. The van der Waals surface area contributed by atoms with E-state index in [1.165, 1.54) is 19.1 Å². The maximum absolute atomic E-state index is 17.1. The molecular weight excluding hydrogens is 458 g/mol. The van der Waals surface area contributed by atoms with Gasteiger partial charge in [-0.1, -0.05) is 31.5 Å². The minimum atomic E-state index is -2.31. The van der Waals surface area contributed by atoms with Crippen LogP contribution in [0.1, 0.15) is 52.9 Å². The van der Waals surface area contributed by atoms with E-state index in [-0.39, 0.29) is 37.7 Å². The molecule has 2 N–H and O–H groups in total. The third-order valence-corrected chi connectivity index (χ3v) is 9.14. The van der Waals surface area contributed by atoms with E-state index >= 15 is 8.78 Å². The molecule has 3 fully saturated rings. The van der Waals surface area contributed by atoms with Crippen LogP contribution in [0.3, 0.4) is 0 Å². The predicted octanol–water partition coefficient (Wildman–Crippen LogP) is 3.12. The van der Waals surface area contributed by atoms with Gasteiger partial charge >= 0.3 is 5.97 Å². The van der Waals surface area contributed by atoms with E-state index in [0.717, 1.165) is 6.08 Å². The van der Waals surface area contributed by atoms with E-state index in [1.807, 2.05) is 0 Å². The van der Waals surface area contributed by atoms with Crippen molar-refractivity contribution in [2.45, 2.75) is 82.0 Å². The Morgan fingerprint density at radius 1 is 1.33 bits per heavy atom. The highest BCUT2D eigenvalue weighted by molar-refractivity contribution is 6.31. The third-order valence-electron chi connectivity index (χ3n) is 8.94. The zero-order chi connectivity index (χ0) is 24.6. The Morgan fingerprint density at radius 2 is 2.00 bits per heavy atom. The van der Waals surface area contributed by atoms with Gasteiger partial charge in [-0.2, -0.15) is 0 Å². The number of carbonyl (C=O) groups is 3. The van der Waals surface area contributed by atoms with Crippen LogP contribution < -0.4 is 0 Å². The number of hydrogen-bond acceptors (Lipinski definition) is 6. The minimum absolute atomic E-state index is 0.00494. The Labute approximate surface area is 196 Å². The first-order valence-corrected chi connectivity index (χ1v) is 11.8. The van der Waals surface area contributed by atoms with Crippen molar-refractivity contribution in [2.24, 2.45) is 22.7 Å². The highest BCUT2D eigenvalue weighted by Gasteiger charge is 2.76. The number of aliphatic hydroxyl groups is 2. The second-order valence-corrected chi connectivity index (χ2v) is 10.7. The van der Waals surface area contributed by atoms with Gasteiger partial charge < -0.3 is 14.9 Å². The van der Waals surface area contributed by atoms with Crippen LogP contribution in [0.5, 0.6) is 0 Å². The number of hydrogen-bond donors (Lipinski definition) is 2. The van der Waals surface area contributed by atoms with Gasteiger partial charge in [-0.15, -0.1) is 0 Å². The molecule has 9 heteroatoms. The fourth-order valence-electron chi connectivity index (χ4n) is 7.27. The van der Waals surface area contributed by atoms with Gasteiger partial charge in [-0.3, -0.25) is 14.4 Å². The summed E-state index contributed by atoms with van der Waals surface area (Å²) in [5.74, 6) is -3.71. The number of Topliss-reactive ketones (excluding diaryl/α,β-unsaturated/α-hetero) is 1. The SMILES string of the molecule is CCC(=O)O[C@]1(C(=O)C(O)Cl)CC[C@H]2[C@@H]3C[C@H](F)C4=CC(=O)C=C[C@]4(C)[C@@]3(F)C(O)C[C@@]21C. The van der Waals surface area contributed by atoms with Crippen molar-refractivity contribution in [1.82, 2.24) is 0 Å². The summed E-state index contributed by atoms with van der Waals surface area (Å²) in [5, 5.41) is 21.2. The molecule has 6 nitrogen and oxygen atoms in total. The van der Waals surface area contributed by atoms with E-state index in [2.05, 4.69) is 0 Å². The number of fused-ring (bicyclic) bond motifs is 5. The summed E-state index contributed by atoms with van der Waals surface area (Å²) in [4.78, 5) is 37.4. The first-order chi connectivity index (χ1) is 15.3. The lowest BCUT2D eigenvalue weighted by atomic mass is 9.44. The van der Waals surface area contributed by atoms with Crippen molar-refractivity contribution in [3.05, 3.63) is 23.8 Å². The molecule has 2 unspecified atom stereocenters. The van der Waals surface area contributed by atoms with Gasteiger partial charge in [0.25, 0.3) is 0 Å². The lowest BCUT2D eigenvalue weighted by Crippen LogP contribution is -2.71. The molecule has 0 aromatic rings. The van der Waals surface area contributed by atoms with Gasteiger partial charge in [0.2, 0.25) is 5.78 Å². The van der Waals surface area contributed by atoms with Gasteiger partial charge in [0, 0.05) is 23.2 Å². The van der Waals surface area contributed by atoms with E-state index in [1.54, 1.807) is 13.8 Å². The zero-order valence-electron chi connectivity index (χ0n) is 18.8. The summed E-state index contributed by atoms with van der Waals surface area (Å²) in [5.41, 5.74) is -8.96. The van der Waals surface area contributed by atoms with Crippen LogP contribution in [-0.2, 0) is 19.1 Å². The molecule has 33 heavy (non-hydrogen) atoms. The average molecular weight is 487 g/mol. The normalized spacial score (nSPS) is 47.2. The van der Waals surface area contributed by atoms with Crippen LogP contribution in [0.25, 0.3) is 0 Å². The third kappa shape index (κ3) is 2.99. The largest absolute Gasteiger partial charge is 0.450 e. The summed E-state index contributed by atoms with van der Waals surface area (Å²) in [6.07, 6.45) is -0.0238. The number of aliphatic hydroxyl groups excluding tert-OH is 2. The van der Waals surface area contributed by atoms with Gasteiger partial charge in [0.15, 0.2) is 22.6 Å². The Morgan fingerprint density at radius 3 is 2.61 bits per heavy atom. The zero-order valence-corrected chi connectivity index (χ0v) is 19.6. The van der Waals surface area contributed by atoms with Gasteiger partial charge in [-0.05, 0) is 56.3 Å². The Balaban J connectivity index is 1.85. The molecule has 3 saturated carbocycles.